The number of hydrogen-bond donors (Lipinski definition) is 2. The zero-order valence-electron chi connectivity index (χ0n) is 11.7. The normalized spacial score (nSPS) is 11.7. The van der Waals surface area contributed by atoms with Gasteiger partial charge in [-0.25, -0.2) is 0 Å². The van der Waals surface area contributed by atoms with Gasteiger partial charge < -0.3 is 10.4 Å². The summed E-state index contributed by atoms with van der Waals surface area (Å²) in [6.45, 7) is 1.74. The molecule has 0 radical (unpaired) electrons. The van der Waals surface area contributed by atoms with Crippen molar-refractivity contribution in [2.45, 2.75) is 38.6 Å². The topological polar surface area (TPSA) is 110 Å². The Hall–Kier alpha value is -2.44. The van der Waals surface area contributed by atoms with Crippen molar-refractivity contribution in [2.24, 2.45) is 0 Å². The number of carbonyl (C=O) groups is 2. The molecular formula is C14H18N2O5. The number of carboxylic acids is 1. The van der Waals surface area contributed by atoms with E-state index in [0.717, 1.165) is 0 Å². The average molecular weight is 294 g/mol. The number of non-ortho nitro benzene ring substituents is 1. The molecule has 1 aromatic rings. The van der Waals surface area contributed by atoms with Crippen LogP contribution in [-0.4, -0.2) is 21.9 Å². The van der Waals surface area contributed by atoms with Gasteiger partial charge in [0.25, 0.3) is 5.69 Å². The lowest BCUT2D eigenvalue weighted by Gasteiger charge is -2.14. The molecule has 0 aliphatic carbocycles. The number of amides is 1. The molecule has 1 amide bonds. The first-order valence-corrected chi connectivity index (χ1v) is 6.65. The van der Waals surface area contributed by atoms with Gasteiger partial charge in [-0.1, -0.05) is 12.1 Å². The highest BCUT2D eigenvalue weighted by Crippen LogP contribution is 2.19. The number of aliphatic carboxylic acids is 1. The fourth-order valence-electron chi connectivity index (χ4n) is 1.87. The maximum Gasteiger partial charge on any atom is 0.303 e. The fourth-order valence-corrected chi connectivity index (χ4v) is 1.87. The van der Waals surface area contributed by atoms with E-state index in [4.69, 9.17) is 5.11 Å². The second kappa shape index (κ2) is 7.98. The average Bonchev–Trinajstić information content (AvgIpc) is 2.43. The Kier molecular flexibility index (Phi) is 6.32. The number of nitro groups is 1. The quantitative estimate of drug-likeness (QED) is 0.434. The molecule has 7 heteroatoms. The predicted octanol–water partition coefficient (Wildman–Crippen LogP) is 2.42. The third-order valence-corrected chi connectivity index (χ3v) is 3.00. The third-order valence-electron chi connectivity index (χ3n) is 3.00. The van der Waals surface area contributed by atoms with Crippen LogP contribution in [0.1, 0.15) is 44.2 Å². The number of rotatable bonds is 8. The molecular weight excluding hydrogens is 276 g/mol. The minimum absolute atomic E-state index is 0.0185. The van der Waals surface area contributed by atoms with Crippen molar-refractivity contribution >= 4 is 17.6 Å². The first-order chi connectivity index (χ1) is 9.90. The van der Waals surface area contributed by atoms with Crippen LogP contribution in [0.25, 0.3) is 0 Å². The molecule has 0 aliphatic heterocycles. The number of nitro benzene ring substituents is 1. The van der Waals surface area contributed by atoms with Crippen LogP contribution in [0, 0.1) is 10.1 Å². The maximum atomic E-state index is 11.7. The Morgan fingerprint density at radius 3 is 2.62 bits per heavy atom. The van der Waals surface area contributed by atoms with Crippen LogP contribution in [0.3, 0.4) is 0 Å². The second-order valence-corrected chi connectivity index (χ2v) is 4.74. The standard InChI is InChI=1S/C14H18N2O5/c1-10(11-5-4-6-12(9-11)16(20)21)15-13(17)7-2-3-8-14(18)19/h4-6,9-10H,2-3,7-8H2,1H3,(H,15,17)(H,18,19). The van der Waals surface area contributed by atoms with Crippen LogP contribution in [-0.2, 0) is 9.59 Å². The van der Waals surface area contributed by atoms with E-state index in [1.165, 1.54) is 12.1 Å². The summed E-state index contributed by atoms with van der Waals surface area (Å²) in [6.07, 6.45) is 1.24. The van der Waals surface area contributed by atoms with Gasteiger partial charge in [0.15, 0.2) is 0 Å². The minimum atomic E-state index is -0.875. The molecule has 1 aromatic carbocycles. The predicted molar refractivity (Wildman–Crippen MR) is 75.8 cm³/mol. The second-order valence-electron chi connectivity index (χ2n) is 4.74. The van der Waals surface area contributed by atoms with Crippen LogP contribution in [0.2, 0.25) is 0 Å². The number of hydrogen-bond acceptors (Lipinski definition) is 4. The molecule has 1 atom stereocenters. The number of benzene rings is 1. The summed E-state index contributed by atoms with van der Waals surface area (Å²) in [5, 5.41) is 21.9. The highest BCUT2D eigenvalue weighted by molar-refractivity contribution is 5.76. The Balaban J connectivity index is 2.47. The first kappa shape index (κ1) is 16.6. The molecule has 114 valence electrons. The van der Waals surface area contributed by atoms with Crippen LogP contribution < -0.4 is 5.32 Å². The largest absolute Gasteiger partial charge is 0.481 e. The summed E-state index contributed by atoms with van der Waals surface area (Å²) in [5.41, 5.74) is 0.637. The molecule has 0 saturated heterocycles. The van der Waals surface area contributed by atoms with Gasteiger partial charge in [-0.15, -0.1) is 0 Å². The summed E-state index contributed by atoms with van der Waals surface area (Å²) in [5.74, 6) is -1.07. The molecule has 0 aliphatic rings. The van der Waals surface area contributed by atoms with Gasteiger partial charge in [-0.3, -0.25) is 19.7 Å². The van der Waals surface area contributed by atoms with Crippen molar-refractivity contribution in [3.05, 3.63) is 39.9 Å². The molecule has 0 fully saturated rings. The molecule has 0 saturated carbocycles. The van der Waals surface area contributed by atoms with Crippen LogP contribution in [0.4, 0.5) is 5.69 Å². The van der Waals surface area contributed by atoms with E-state index in [-0.39, 0.29) is 30.5 Å². The minimum Gasteiger partial charge on any atom is -0.481 e. The molecule has 0 spiro atoms. The van der Waals surface area contributed by atoms with Crippen molar-refractivity contribution in [2.75, 3.05) is 0 Å². The van der Waals surface area contributed by atoms with E-state index < -0.39 is 10.9 Å². The molecule has 7 nitrogen and oxygen atoms in total. The fraction of sp³-hybridized carbons (Fsp3) is 0.429. The Morgan fingerprint density at radius 1 is 1.33 bits per heavy atom. The summed E-state index contributed by atoms with van der Waals surface area (Å²) in [7, 11) is 0. The van der Waals surface area contributed by atoms with Crippen molar-refractivity contribution in [1.82, 2.24) is 5.32 Å². The zero-order valence-corrected chi connectivity index (χ0v) is 11.7. The van der Waals surface area contributed by atoms with E-state index >= 15 is 0 Å². The van der Waals surface area contributed by atoms with Crippen molar-refractivity contribution in [1.29, 1.82) is 0 Å². The molecule has 1 unspecified atom stereocenters. The number of unbranched alkanes of at least 4 members (excludes halogenated alkanes) is 1. The molecule has 0 aromatic heterocycles. The summed E-state index contributed by atoms with van der Waals surface area (Å²) in [6, 6.07) is 5.77. The van der Waals surface area contributed by atoms with Gasteiger partial charge in [0.2, 0.25) is 5.91 Å². The smallest absolute Gasteiger partial charge is 0.303 e. The zero-order chi connectivity index (χ0) is 15.8. The Labute approximate surface area is 122 Å². The van der Waals surface area contributed by atoms with E-state index in [0.29, 0.717) is 18.4 Å². The summed E-state index contributed by atoms with van der Waals surface area (Å²) in [4.78, 5) is 32.3. The van der Waals surface area contributed by atoms with Gasteiger partial charge in [-0.2, -0.15) is 0 Å². The van der Waals surface area contributed by atoms with Crippen molar-refractivity contribution in [3.63, 3.8) is 0 Å². The van der Waals surface area contributed by atoms with Gasteiger partial charge in [-0.05, 0) is 25.3 Å². The van der Waals surface area contributed by atoms with E-state index in [9.17, 15) is 19.7 Å². The summed E-state index contributed by atoms with van der Waals surface area (Å²) >= 11 is 0. The molecule has 1 rings (SSSR count). The first-order valence-electron chi connectivity index (χ1n) is 6.65. The molecule has 21 heavy (non-hydrogen) atoms. The molecule has 0 heterocycles. The SMILES string of the molecule is CC(NC(=O)CCCCC(=O)O)c1cccc([N+](=O)[O-])c1. The Bertz CT molecular complexity index is 530. The molecule has 2 N–H and O–H groups in total. The number of nitrogens with zero attached hydrogens (tertiary/aromatic N) is 1. The van der Waals surface area contributed by atoms with E-state index in [1.54, 1.807) is 19.1 Å². The number of carbonyl (C=O) groups excluding carboxylic acids is 1. The maximum absolute atomic E-state index is 11.7. The van der Waals surface area contributed by atoms with Crippen molar-refractivity contribution < 1.29 is 19.6 Å². The monoisotopic (exact) mass is 294 g/mol. The lowest BCUT2D eigenvalue weighted by atomic mass is 10.1. The lowest BCUT2D eigenvalue weighted by Crippen LogP contribution is -2.26. The van der Waals surface area contributed by atoms with Crippen LogP contribution in [0.15, 0.2) is 24.3 Å². The van der Waals surface area contributed by atoms with Crippen LogP contribution in [0.5, 0.6) is 0 Å². The van der Waals surface area contributed by atoms with Gasteiger partial charge >= 0.3 is 5.97 Å². The Morgan fingerprint density at radius 2 is 2.00 bits per heavy atom. The van der Waals surface area contributed by atoms with E-state index in [1.807, 2.05) is 0 Å². The number of nitrogens with one attached hydrogen (secondary N) is 1. The van der Waals surface area contributed by atoms with E-state index in [2.05, 4.69) is 5.32 Å². The number of carboxylic acid groups (broad SMARTS) is 1. The molecule has 0 bridgehead atoms. The van der Waals surface area contributed by atoms with Gasteiger partial charge in [0.1, 0.15) is 0 Å². The highest BCUT2D eigenvalue weighted by Gasteiger charge is 2.13. The lowest BCUT2D eigenvalue weighted by molar-refractivity contribution is -0.384. The van der Waals surface area contributed by atoms with Crippen LogP contribution >= 0.6 is 0 Å². The third kappa shape index (κ3) is 6.03. The highest BCUT2D eigenvalue weighted by atomic mass is 16.6. The van der Waals surface area contributed by atoms with Gasteiger partial charge in [0, 0.05) is 25.0 Å². The van der Waals surface area contributed by atoms with Gasteiger partial charge in [0.05, 0.1) is 11.0 Å². The van der Waals surface area contributed by atoms with Crippen molar-refractivity contribution in [3.8, 4) is 0 Å². The summed E-state index contributed by atoms with van der Waals surface area (Å²) < 4.78 is 0.